The highest BCUT2D eigenvalue weighted by molar-refractivity contribution is 5.80. The Morgan fingerprint density at radius 3 is 2.85 bits per heavy atom. The Morgan fingerprint density at radius 2 is 2.03 bits per heavy atom. The van der Waals surface area contributed by atoms with Gasteiger partial charge in [-0.3, -0.25) is 9.59 Å². The van der Waals surface area contributed by atoms with E-state index >= 15 is 0 Å². The summed E-state index contributed by atoms with van der Waals surface area (Å²) in [5.41, 5.74) is 3.26. The number of aliphatic carboxylic acids is 1. The molecule has 33 heavy (non-hydrogen) atoms. The molecule has 0 radical (unpaired) electrons. The van der Waals surface area contributed by atoms with Gasteiger partial charge in [-0.15, -0.1) is 0 Å². The van der Waals surface area contributed by atoms with Gasteiger partial charge in [0.1, 0.15) is 5.82 Å². The van der Waals surface area contributed by atoms with Gasteiger partial charge in [-0.2, -0.15) is 0 Å². The van der Waals surface area contributed by atoms with E-state index in [2.05, 4.69) is 27.7 Å². The molecule has 4 rings (SSSR count). The summed E-state index contributed by atoms with van der Waals surface area (Å²) in [5.74, 6) is -0.0229. The zero-order valence-electron chi connectivity index (χ0n) is 19.1. The van der Waals surface area contributed by atoms with Crippen molar-refractivity contribution in [2.45, 2.75) is 51.0 Å². The normalized spacial score (nSPS) is 19.2. The minimum Gasteiger partial charge on any atom is -0.481 e. The zero-order chi connectivity index (χ0) is 23.0. The fourth-order valence-electron chi connectivity index (χ4n) is 4.87. The van der Waals surface area contributed by atoms with Crippen molar-refractivity contribution in [2.24, 2.45) is 5.92 Å². The molecule has 7 nitrogen and oxygen atoms in total. The SMILES string of the molecule is O=C(O)C[C@H](NC(=O)[C@H]1CCCN(CCCc2ccc3c(n2)NCCC3)C1)c1ccccc1. The van der Waals surface area contributed by atoms with Crippen LogP contribution in [-0.2, 0) is 22.4 Å². The van der Waals surface area contributed by atoms with Gasteiger partial charge in [0, 0.05) is 18.8 Å². The van der Waals surface area contributed by atoms with Crippen LogP contribution in [0.4, 0.5) is 5.82 Å². The van der Waals surface area contributed by atoms with Crippen LogP contribution in [0.5, 0.6) is 0 Å². The third kappa shape index (κ3) is 6.54. The largest absolute Gasteiger partial charge is 0.481 e. The summed E-state index contributed by atoms with van der Waals surface area (Å²) < 4.78 is 0. The Kier molecular flexibility index (Phi) is 7.94. The third-order valence-electron chi connectivity index (χ3n) is 6.63. The number of fused-ring (bicyclic) bond motifs is 1. The van der Waals surface area contributed by atoms with E-state index in [0.717, 1.165) is 75.4 Å². The number of carboxylic acid groups (broad SMARTS) is 1. The number of hydrogen-bond donors (Lipinski definition) is 3. The summed E-state index contributed by atoms with van der Waals surface area (Å²) in [7, 11) is 0. The number of piperidine rings is 1. The van der Waals surface area contributed by atoms with Crippen LogP contribution >= 0.6 is 0 Å². The molecule has 3 N–H and O–H groups in total. The van der Waals surface area contributed by atoms with Crippen molar-refractivity contribution in [3.63, 3.8) is 0 Å². The summed E-state index contributed by atoms with van der Waals surface area (Å²) in [4.78, 5) is 31.5. The van der Waals surface area contributed by atoms with Gasteiger partial charge < -0.3 is 20.6 Å². The van der Waals surface area contributed by atoms with Gasteiger partial charge in [-0.25, -0.2) is 4.98 Å². The molecule has 0 spiro atoms. The van der Waals surface area contributed by atoms with Gasteiger partial charge in [-0.05, 0) is 68.8 Å². The predicted molar refractivity (Wildman–Crippen MR) is 128 cm³/mol. The molecule has 2 aliphatic rings. The van der Waals surface area contributed by atoms with Crippen LogP contribution < -0.4 is 10.6 Å². The van der Waals surface area contributed by atoms with Crippen LogP contribution in [0.1, 0.15) is 55.0 Å². The lowest BCUT2D eigenvalue weighted by atomic mass is 9.95. The Labute approximate surface area is 195 Å². The summed E-state index contributed by atoms with van der Waals surface area (Å²) in [6.07, 6.45) is 5.91. The molecule has 176 valence electrons. The number of rotatable bonds is 9. The first-order chi connectivity index (χ1) is 16.1. The van der Waals surface area contributed by atoms with E-state index in [9.17, 15) is 14.7 Å². The molecule has 2 aromatic rings. The van der Waals surface area contributed by atoms with Crippen LogP contribution in [0.15, 0.2) is 42.5 Å². The number of benzene rings is 1. The molecule has 0 bridgehead atoms. The van der Waals surface area contributed by atoms with E-state index in [0.29, 0.717) is 0 Å². The maximum Gasteiger partial charge on any atom is 0.305 e. The Morgan fingerprint density at radius 1 is 1.18 bits per heavy atom. The Balaban J connectivity index is 1.27. The molecule has 2 aliphatic heterocycles. The number of carbonyl (C=O) groups is 2. The number of likely N-dealkylation sites (tertiary alicyclic amines) is 1. The van der Waals surface area contributed by atoms with Crippen molar-refractivity contribution < 1.29 is 14.7 Å². The molecule has 1 fully saturated rings. The topological polar surface area (TPSA) is 94.6 Å². The smallest absolute Gasteiger partial charge is 0.305 e. The maximum atomic E-state index is 13.0. The second-order valence-electron chi connectivity index (χ2n) is 9.15. The molecule has 1 aromatic heterocycles. The average molecular weight is 451 g/mol. The highest BCUT2D eigenvalue weighted by Gasteiger charge is 2.28. The molecule has 1 aromatic carbocycles. The second kappa shape index (κ2) is 11.3. The van der Waals surface area contributed by atoms with Gasteiger partial charge in [0.05, 0.1) is 18.4 Å². The molecule has 3 heterocycles. The van der Waals surface area contributed by atoms with Gasteiger partial charge in [0.2, 0.25) is 5.91 Å². The number of aromatic nitrogens is 1. The van der Waals surface area contributed by atoms with Crippen LogP contribution in [0.2, 0.25) is 0 Å². The molecule has 1 amide bonds. The van der Waals surface area contributed by atoms with E-state index in [1.807, 2.05) is 30.3 Å². The van der Waals surface area contributed by atoms with Crippen molar-refractivity contribution >= 4 is 17.7 Å². The highest BCUT2D eigenvalue weighted by atomic mass is 16.4. The summed E-state index contributed by atoms with van der Waals surface area (Å²) in [6.45, 7) is 3.66. The van der Waals surface area contributed by atoms with Crippen LogP contribution in [-0.4, -0.2) is 53.0 Å². The number of carbonyl (C=O) groups excluding carboxylic acids is 1. The number of carboxylic acids is 1. The zero-order valence-corrected chi connectivity index (χ0v) is 19.1. The average Bonchev–Trinajstić information content (AvgIpc) is 2.84. The molecule has 7 heteroatoms. The number of nitrogens with one attached hydrogen (secondary N) is 2. The number of amides is 1. The van der Waals surface area contributed by atoms with Gasteiger partial charge in [0.25, 0.3) is 0 Å². The first kappa shape index (κ1) is 23.2. The van der Waals surface area contributed by atoms with Crippen molar-refractivity contribution in [2.75, 3.05) is 31.5 Å². The van der Waals surface area contributed by atoms with E-state index in [1.165, 1.54) is 12.0 Å². The van der Waals surface area contributed by atoms with Gasteiger partial charge in [-0.1, -0.05) is 36.4 Å². The van der Waals surface area contributed by atoms with Crippen molar-refractivity contribution in [1.29, 1.82) is 0 Å². The lowest BCUT2D eigenvalue weighted by Crippen LogP contribution is -2.44. The minimum atomic E-state index is -0.916. The highest BCUT2D eigenvalue weighted by Crippen LogP contribution is 2.23. The lowest BCUT2D eigenvalue weighted by molar-refractivity contribution is -0.138. The molecular weight excluding hydrogens is 416 g/mol. The molecule has 1 saturated heterocycles. The number of hydrogen-bond acceptors (Lipinski definition) is 5. The van der Waals surface area contributed by atoms with Crippen molar-refractivity contribution in [3.8, 4) is 0 Å². The molecule has 2 atom stereocenters. The lowest BCUT2D eigenvalue weighted by Gasteiger charge is -2.33. The Bertz CT molecular complexity index is 950. The molecule has 0 aliphatic carbocycles. The van der Waals surface area contributed by atoms with Gasteiger partial charge >= 0.3 is 5.97 Å². The van der Waals surface area contributed by atoms with Gasteiger partial charge in [0.15, 0.2) is 0 Å². The van der Waals surface area contributed by atoms with E-state index < -0.39 is 12.0 Å². The standard InChI is InChI=1S/C26H34N4O3/c31-24(32)17-23(19-7-2-1-3-8-19)29-26(33)21-10-5-15-30(18-21)16-6-11-22-13-12-20-9-4-14-27-25(20)28-22/h1-3,7-8,12-13,21,23H,4-6,9-11,14-18H2,(H,27,28)(H,29,33)(H,31,32)/t21-,23-/m0/s1. The summed E-state index contributed by atoms with van der Waals surface area (Å²) >= 11 is 0. The first-order valence-corrected chi connectivity index (χ1v) is 12.1. The predicted octanol–water partition coefficient (Wildman–Crippen LogP) is 3.42. The molecular formula is C26H34N4O3. The second-order valence-corrected chi connectivity index (χ2v) is 9.15. The fraction of sp³-hybridized carbons (Fsp3) is 0.500. The maximum absolute atomic E-state index is 13.0. The fourth-order valence-corrected chi connectivity index (χ4v) is 4.87. The number of aryl methyl sites for hydroxylation is 2. The minimum absolute atomic E-state index is 0.0442. The molecule has 0 unspecified atom stereocenters. The third-order valence-corrected chi connectivity index (χ3v) is 6.63. The quantitative estimate of drug-likeness (QED) is 0.542. The number of anilines is 1. The van der Waals surface area contributed by atoms with Crippen LogP contribution in [0.25, 0.3) is 0 Å². The monoisotopic (exact) mass is 450 g/mol. The summed E-state index contributed by atoms with van der Waals surface area (Å²) in [6, 6.07) is 13.2. The van der Waals surface area contributed by atoms with Crippen molar-refractivity contribution in [3.05, 3.63) is 59.3 Å². The van der Waals surface area contributed by atoms with Crippen molar-refractivity contribution in [1.82, 2.24) is 15.2 Å². The van der Waals surface area contributed by atoms with E-state index in [-0.39, 0.29) is 18.2 Å². The first-order valence-electron chi connectivity index (χ1n) is 12.1. The Hall–Kier alpha value is -2.93. The summed E-state index contributed by atoms with van der Waals surface area (Å²) in [5, 5.41) is 15.7. The molecule has 0 saturated carbocycles. The van der Waals surface area contributed by atoms with E-state index in [4.69, 9.17) is 4.98 Å². The number of pyridine rings is 1. The van der Waals surface area contributed by atoms with E-state index in [1.54, 1.807) is 0 Å². The number of nitrogens with zero attached hydrogens (tertiary/aromatic N) is 2. The van der Waals surface area contributed by atoms with Crippen LogP contribution in [0, 0.1) is 5.92 Å². The van der Waals surface area contributed by atoms with Crippen LogP contribution in [0.3, 0.4) is 0 Å².